The van der Waals surface area contributed by atoms with Crippen LogP contribution in [0.15, 0.2) is 24.3 Å². The summed E-state index contributed by atoms with van der Waals surface area (Å²) in [6.07, 6.45) is -14.1. The monoisotopic (exact) mass is 477 g/mol. The molecule has 11 heteroatoms. The first-order chi connectivity index (χ1) is 14.1. The molecule has 0 aromatic heterocycles. The highest BCUT2D eigenvalue weighted by molar-refractivity contribution is 5.76. The Morgan fingerprint density at radius 3 is 1.78 bits per heavy atom. The molecule has 0 aliphatic rings. The minimum Gasteiger partial charge on any atom is -0.341 e. The van der Waals surface area contributed by atoms with Gasteiger partial charge in [0, 0.05) is 19.5 Å². The Morgan fingerprint density at radius 1 is 0.906 bits per heavy atom. The average Bonchev–Trinajstić information content (AvgIpc) is 2.59. The van der Waals surface area contributed by atoms with E-state index in [1.54, 1.807) is 24.3 Å². The lowest BCUT2D eigenvalue weighted by atomic mass is 9.87. The van der Waals surface area contributed by atoms with E-state index in [4.69, 9.17) is 0 Å². The lowest BCUT2D eigenvalue weighted by molar-refractivity contribution is -0.471. The van der Waals surface area contributed by atoms with Crippen molar-refractivity contribution in [2.45, 2.75) is 77.1 Å². The number of ether oxygens (including phenoxy) is 1. The summed E-state index contributed by atoms with van der Waals surface area (Å²) in [6.45, 7) is 6.82. The van der Waals surface area contributed by atoms with E-state index in [0.29, 0.717) is 24.3 Å². The lowest BCUT2D eigenvalue weighted by Crippen LogP contribution is -2.55. The number of halogens is 8. The van der Waals surface area contributed by atoms with Gasteiger partial charge in [-0.3, -0.25) is 4.79 Å². The Labute approximate surface area is 181 Å². The minimum atomic E-state index is -6.03. The van der Waals surface area contributed by atoms with Crippen LogP contribution in [0, 0.1) is 5.92 Å². The van der Waals surface area contributed by atoms with Gasteiger partial charge in [-0.2, -0.15) is 35.1 Å². The van der Waals surface area contributed by atoms with Crippen molar-refractivity contribution in [1.82, 2.24) is 4.90 Å². The van der Waals surface area contributed by atoms with E-state index in [2.05, 4.69) is 4.74 Å². The van der Waals surface area contributed by atoms with Crippen LogP contribution < -0.4 is 0 Å². The quantitative estimate of drug-likeness (QED) is 0.382. The number of hydrogen-bond donors (Lipinski definition) is 0. The molecule has 0 atom stereocenters. The van der Waals surface area contributed by atoms with Crippen molar-refractivity contribution >= 4 is 5.91 Å². The summed E-state index contributed by atoms with van der Waals surface area (Å²) in [5.74, 6) is -14.3. The molecule has 1 aromatic carbocycles. The number of alkyl halides is 8. The van der Waals surface area contributed by atoms with Gasteiger partial charge >= 0.3 is 24.1 Å². The normalized spacial score (nSPS) is 14.1. The van der Waals surface area contributed by atoms with Crippen LogP contribution in [0.25, 0.3) is 0 Å². The SMILES string of the molecule is CC(C)C(F)(F)C(F)(F)OC(F)(F)C(F)(F)CC(=O)N(C)Cc1ccc(C(C)(C)C)cc1. The van der Waals surface area contributed by atoms with Gasteiger partial charge < -0.3 is 4.90 Å². The zero-order valence-corrected chi connectivity index (χ0v) is 18.6. The van der Waals surface area contributed by atoms with Crippen LogP contribution in [0.3, 0.4) is 0 Å². The zero-order chi connectivity index (χ0) is 25.3. The first-order valence-electron chi connectivity index (χ1n) is 9.69. The number of rotatable bonds is 9. The summed E-state index contributed by atoms with van der Waals surface area (Å²) in [7, 11) is 1.05. The van der Waals surface area contributed by atoms with Gasteiger partial charge in [0.1, 0.15) is 0 Å². The molecule has 0 saturated heterocycles. The van der Waals surface area contributed by atoms with E-state index >= 15 is 0 Å². The number of amides is 1. The predicted molar refractivity (Wildman–Crippen MR) is 102 cm³/mol. The predicted octanol–water partition coefficient (Wildman–Crippen LogP) is 6.46. The van der Waals surface area contributed by atoms with Crippen molar-refractivity contribution in [3.8, 4) is 0 Å². The fourth-order valence-corrected chi connectivity index (χ4v) is 2.54. The van der Waals surface area contributed by atoms with Crippen molar-refractivity contribution in [3.05, 3.63) is 35.4 Å². The number of carbonyl (C=O) groups excluding carboxylic acids is 1. The topological polar surface area (TPSA) is 29.5 Å². The van der Waals surface area contributed by atoms with Gasteiger partial charge in [-0.1, -0.05) is 58.9 Å². The van der Waals surface area contributed by atoms with Crippen LogP contribution >= 0.6 is 0 Å². The van der Waals surface area contributed by atoms with Crippen LogP contribution in [0.1, 0.15) is 52.2 Å². The summed E-state index contributed by atoms with van der Waals surface area (Å²) < 4.78 is 112. The molecule has 0 fully saturated rings. The highest BCUT2D eigenvalue weighted by atomic mass is 19.3. The molecule has 0 saturated carbocycles. The largest absolute Gasteiger partial charge is 0.424 e. The highest BCUT2D eigenvalue weighted by Crippen LogP contribution is 2.48. The molecule has 0 spiro atoms. The van der Waals surface area contributed by atoms with Gasteiger partial charge in [0.05, 0.1) is 6.42 Å². The minimum absolute atomic E-state index is 0.164. The molecular formula is C21H27F8NO2. The highest BCUT2D eigenvalue weighted by Gasteiger charge is 2.69. The maximum absolute atomic E-state index is 14.0. The molecule has 0 unspecified atom stereocenters. The van der Waals surface area contributed by atoms with Crippen molar-refractivity contribution in [2.24, 2.45) is 5.92 Å². The standard InChI is InChI=1S/C21H27F8NO2/c1-13(2)19(24,25)21(28,29)32-20(26,27)18(22,23)11-16(31)30(6)12-14-7-9-15(10-8-14)17(3,4)5/h7-10,13H,11-12H2,1-6H3. The van der Waals surface area contributed by atoms with Crippen LogP contribution in [0.2, 0.25) is 0 Å². The van der Waals surface area contributed by atoms with Gasteiger partial charge in [-0.25, -0.2) is 4.74 Å². The van der Waals surface area contributed by atoms with E-state index in [1.165, 1.54) is 0 Å². The summed E-state index contributed by atoms with van der Waals surface area (Å²) in [5.41, 5.74) is 1.29. The van der Waals surface area contributed by atoms with Gasteiger partial charge in [0.2, 0.25) is 5.91 Å². The molecule has 0 aliphatic carbocycles. The maximum atomic E-state index is 14.0. The smallest absolute Gasteiger partial charge is 0.341 e. The average molecular weight is 477 g/mol. The fraction of sp³-hybridized carbons (Fsp3) is 0.667. The summed E-state index contributed by atoms with van der Waals surface area (Å²) >= 11 is 0. The van der Waals surface area contributed by atoms with Crippen molar-refractivity contribution < 1.29 is 44.7 Å². The first-order valence-corrected chi connectivity index (χ1v) is 9.69. The second-order valence-corrected chi connectivity index (χ2v) is 8.99. The van der Waals surface area contributed by atoms with Crippen molar-refractivity contribution in [3.63, 3.8) is 0 Å². The van der Waals surface area contributed by atoms with E-state index in [1.807, 2.05) is 20.8 Å². The van der Waals surface area contributed by atoms with Gasteiger partial charge in [0.15, 0.2) is 0 Å². The fourth-order valence-electron chi connectivity index (χ4n) is 2.54. The van der Waals surface area contributed by atoms with Gasteiger partial charge in [-0.15, -0.1) is 0 Å². The number of nitrogens with zero attached hydrogens (tertiary/aromatic N) is 1. The number of benzene rings is 1. The third kappa shape index (κ3) is 6.32. The summed E-state index contributed by atoms with van der Waals surface area (Å²) in [5, 5.41) is 0. The van der Waals surface area contributed by atoms with Crippen LogP contribution in [0.5, 0.6) is 0 Å². The van der Waals surface area contributed by atoms with Gasteiger partial charge in [-0.05, 0) is 16.5 Å². The van der Waals surface area contributed by atoms with Crippen LogP contribution in [-0.4, -0.2) is 41.9 Å². The van der Waals surface area contributed by atoms with Crippen molar-refractivity contribution in [2.75, 3.05) is 7.05 Å². The zero-order valence-electron chi connectivity index (χ0n) is 18.6. The maximum Gasteiger partial charge on any atom is 0.424 e. The van der Waals surface area contributed by atoms with E-state index in [0.717, 1.165) is 12.6 Å². The molecule has 1 aromatic rings. The Balaban J connectivity index is 2.91. The molecule has 3 nitrogen and oxygen atoms in total. The molecule has 0 N–H and O–H groups in total. The second-order valence-electron chi connectivity index (χ2n) is 8.99. The van der Waals surface area contributed by atoms with Crippen LogP contribution in [-0.2, 0) is 21.5 Å². The number of hydrogen-bond acceptors (Lipinski definition) is 2. The lowest BCUT2D eigenvalue weighted by Gasteiger charge is -2.34. The molecule has 0 heterocycles. The first kappa shape index (κ1) is 28.1. The van der Waals surface area contributed by atoms with Crippen LogP contribution in [0.4, 0.5) is 35.1 Å². The van der Waals surface area contributed by atoms with Gasteiger partial charge in [0.25, 0.3) is 0 Å². The van der Waals surface area contributed by atoms with E-state index in [9.17, 15) is 39.9 Å². The third-order valence-electron chi connectivity index (χ3n) is 4.83. The van der Waals surface area contributed by atoms with E-state index in [-0.39, 0.29) is 12.0 Å². The molecule has 0 bridgehead atoms. The van der Waals surface area contributed by atoms with E-state index < -0.39 is 42.3 Å². The molecular weight excluding hydrogens is 450 g/mol. The molecule has 184 valence electrons. The Hall–Kier alpha value is -1.91. The van der Waals surface area contributed by atoms with Crippen molar-refractivity contribution in [1.29, 1.82) is 0 Å². The summed E-state index contributed by atoms with van der Waals surface area (Å²) in [4.78, 5) is 12.7. The third-order valence-corrected chi connectivity index (χ3v) is 4.83. The molecule has 32 heavy (non-hydrogen) atoms. The molecule has 0 radical (unpaired) electrons. The second kappa shape index (κ2) is 9.15. The molecule has 1 rings (SSSR count). The molecule has 1 amide bonds. The Kier molecular flexibility index (Phi) is 8.04. The Morgan fingerprint density at radius 2 is 1.38 bits per heavy atom. The summed E-state index contributed by atoms with van der Waals surface area (Å²) in [6, 6.07) is 6.74. The molecule has 0 aliphatic heterocycles. The Bertz CT molecular complexity index is 786. The number of carbonyl (C=O) groups is 1.